The second-order valence-electron chi connectivity index (χ2n) is 5.58. The molecular weight excluding hydrogens is 342 g/mol. The number of nitrogens with one attached hydrogen (secondary N) is 1. The van der Waals surface area contributed by atoms with Crippen molar-refractivity contribution in [1.82, 2.24) is 5.32 Å². The minimum atomic E-state index is -0.871. The van der Waals surface area contributed by atoms with Crippen LogP contribution in [-0.2, 0) is 9.53 Å². The first-order chi connectivity index (χ1) is 12.5. The zero-order valence-corrected chi connectivity index (χ0v) is 13.7. The maximum Gasteiger partial charge on any atom is 0.342 e. The van der Waals surface area contributed by atoms with Crippen LogP contribution >= 0.6 is 0 Å². The fourth-order valence-corrected chi connectivity index (χ4v) is 2.34. The molecule has 0 spiro atoms. The van der Waals surface area contributed by atoms with Gasteiger partial charge in [0, 0.05) is 6.07 Å². The van der Waals surface area contributed by atoms with Crippen LogP contribution in [0.4, 0.5) is 0 Å². The first-order valence-corrected chi connectivity index (χ1v) is 7.87. The van der Waals surface area contributed by atoms with Crippen molar-refractivity contribution >= 4 is 11.9 Å². The van der Waals surface area contributed by atoms with Crippen molar-refractivity contribution in [3.05, 3.63) is 48.0 Å². The third-order valence-electron chi connectivity index (χ3n) is 3.63. The maximum absolute atomic E-state index is 11.8. The number of para-hydroxylation sites is 2. The lowest BCUT2D eigenvalue weighted by molar-refractivity contribution is -0.124. The van der Waals surface area contributed by atoms with Crippen molar-refractivity contribution in [2.24, 2.45) is 0 Å². The fraction of sp³-hybridized carbons (Fsp3) is 0.222. The molecular formula is C18H17NO7. The summed E-state index contributed by atoms with van der Waals surface area (Å²) in [5.74, 6) is -0.747. The van der Waals surface area contributed by atoms with Gasteiger partial charge in [-0.1, -0.05) is 12.1 Å². The van der Waals surface area contributed by atoms with E-state index in [-0.39, 0.29) is 24.0 Å². The monoisotopic (exact) mass is 359 g/mol. The molecule has 0 aromatic heterocycles. The molecule has 0 saturated carbocycles. The van der Waals surface area contributed by atoms with Gasteiger partial charge in [0.1, 0.15) is 29.8 Å². The van der Waals surface area contributed by atoms with Gasteiger partial charge in [-0.25, -0.2) is 4.79 Å². The zero-order valence-electron chi connectivity index (χ0n) is 13.7. The third-order valence-corrected chi connectivity index (χ3v) is 3.63. The third kappa shape index (κ3) is 4.15. The quantitative estimate of drug-likeness (QED) is 0.688. The van der Waals surface area contributed by atoms with Crippen molar-refractivity contribution in [3.63, 3.8) is 0 Å². The van der Waals surface area contributed by atoms with Gasteiger partial charge in [0.15, 0.2) is 18.1 Å². The number of hydrogen-bond donors (Lipinski definition) is 3. The first kappa shape index (κ1) is 17.4. The van der Waals surface area contributed by atoms with Crippen LogP contribution in [0.25, 0.3) is 0 Å². The number of rotatable bonds is 5. The number of carbonyl (C=O) groups excluding carboxylic acids is 2. The molecule has 1 amide bonds. The van der Waals surface area contributed by atoms with Gasteiger partial charge < -0.3 is 29.7 Å². The molecule has 0 bridgehead atoms. The van der Waals surface area contributed by atoms with Crippen LogP contribution in [0.3, 0.4) is 0 Å². The Morgan fingerprint density at radius 2 is 1.92 bits per heavy atom. The van der Waals surface area contributed by atoms with Gasteiger partial charge in [0.05, 0.1) is 6.54 Å². The Hall–Kier alpha value is -3.42. The summed E-state index contributed by atoms with van der Waals surface area (Å²) in [4.78, 5) is 23.7. The average molecular weight is 359 g/mol. The van der Waals surface area contributed by atoms with Crippen molar-refractivity contribution < 1.29 is 34.0 Å². The molecule has 8 heteroatoms. The Kier molecular flexibility index (Phi) is 5.12. The summed E-state index contributed by atoms with van der Waals surface area (Å²) < 4.78 is 16.1. The molecule has 3 rings (SSSR count). The SMILES string of the molecule is O=C(COC(=O)c1ccc(O)cc1O)NCC1COc2ccccc2O1. The smallest absolute Gasteiger partial charge is 0.342 e. The van der Waals surface area contributed by atoms with Crippen LogP contribution in [0.15, 0.2) is 42.5 Å². The van der Waals surface area contributed by atoms with E-state index in [1.165, 1.54) is 12.1 Å². The highest BCUT2D eigenvalue weighted by atomic mass is 16.6. The highest BCUT2D eigenvalue weighted by Crippen LogP contribution is 2.30. The highest BCUT2D eigenvalue weighted by Gasteiger charge is 2.21. The highest BCUT2D eigenvalue weighted by molar-refractivity contribution is 5.94. The average Bonchev–Trinajstić information content (AvgIpc) is 2.64. The molecule has 8 nitrogen and oxygen atoms in total. The lowest BCUT2D eigenvalue weighted by atomic mass is 10.2. The van der Waals surface area contributed by atoms with E-state index in [0.29, 0.717) is 18.1 Å². The minimum absolute atomic E-state index is 0.142. The molecule has 1 unspecified atom stereocenters. The van der Waals surface area contributed by atoms with Gasteiger partial charge in [-0.15, -0.1) is 0 Å². The van der Waals surface area contributed by atoms with Gasteiger partial charge in [-0.3, -0.25) is 4.79 Å². The predicted octanol–water partition coefficient (Wildman–Crippen LogP) is 1.21. The Labute approximate surface area is 148 Å². The maximum atomic E-state index is 11.8. The Balaban J connectivity index is 1.44. The van der Waals surface area contributed by atoms with Crippen molar-refractivity contribution in [2.75, 3.05) is 19.8 Å². The van der Waals surface area contributed by atoms with Gasteiger partial charge in [0.2, 0.25) is 0 Å². The molecule has 1 atom stereocenters. The summed E-state index contributed by atoms with van der Waals surface area (Å²) in [6.45, 7) is -0.0308. The molecule has 0 aliphatic carbocycles. The Morgan fingerprint density at radius 1 is 1.15 bits per heavy atom. The standard InChI is InChI=1S/C18H17NO7/c20-11-5-6-13(14(21)7-11)18(23)25-10-17(22)19-8-12-9-24-15-3-1-2-4-16(15)26-12/h1-7,12,20-21H,8-10H2,(H,19,22). The minimum Gasteiger partial charge on any atom is -0.508 e. The van der Waals surface area contributed by atoms with Crippen LogP contribution in [0.1, 0.15) is 10.4 Å². The van der Waals surface area contributed by atoms with Gasteiger partial charge >= 0.3 is 5.97 Å². The normalized spacial score (nSPS) is 15.2. The number of benzene rings is 2. The largest absolute Gasteiger partial charge is 0.508 e. The van der Waals surface area contributed by atoms with E-state index in [0.717, 1.165) is 6.07 Å². The van der Waals surface area contributed by atoms with Crippen LogP contribution in [-0.4, -0.2) is 48.0 Å². The van der Waals surface area contributed by atoms with Crippen molar-refractivity contribution in [1.29, 1.82) is 0 Å². The number of esters is 1. The summed E-state index contributed by atoms with van der Waals surface area (Å²) >= 11 is 0. The molecule has 0 fully saturated rings. The van der Waals surface area contributed by atoms with Gasteiger partial charge in [0.25, 0.3) is 5.91 Å². The number of hydrogen-bond acceptors (Lipinski definition) is 7. The van der Waals surface area contributed by atoms with Gasteiger partial charge in [-0.2, -0.15) is 0 Å². The molecule has 0 saturated heterocycles. The van der Waals surface area contributed by atoms with Crippen molar-refractivity contribution in [2.45, 2.75) is 6.10 Å². The van der Waals surface area contributed by atoms with Crippen LogP contribution in [0.5, 0.6) is 23.0 Å². The molecule has 1 aliphatic rings. The zero-order chi connectivity index (χ0) is 18.5. The Bertz CT molecular complexity index is 821. The lowest BCUT2D eigenvalue weighted by Gasteiger charge is -2.26. The molecule has 136 valence electrons. The second-order valence-corrected chi connectivity index (χ2v) is 5.58. The molecule has 26 heavy (non-hydrogen) atoms. The number of phenolic OH excluding ortho intramolecular Hbond substituents is 2. The molecule has 1 heterocycles. The van der Waals surface area contributed by atoms with E-state index in [2.05, 4.69) is 5.32 Å². The summed E-state index contributed by atoms with van der Waals surface area (Å²) in [5.41, 5.74) is -0.142. The summed E-state index contributed by atoms with van der Waals surface area (Å²) in [7, 11) is 0. The number of ether oxygens (including phenoxy) is 3. The van der Waals surface area contributed by atoms with Gasteiger partial charge in [-0.05, 0) is 24.3 Å². The summed E-state index contributed by atoms with van der Waals surface area (Å²) in [6, 6.07) is 10.7. The number of amides is 1. The van der Waals surface area contributed by atoms with E-state index in [9.17, 15) is 19.8 Å². The molecule has 2 aromatic rings. The van der Waals surface area contributed by atoms with Crippen molar-refractivity contribution in [3.8, 4) is 23.0 Å². The number of aromatic hydroxyl groups is 2. The van der Waals surface area contributed by atoms with E-state index >= 15 is 0 Å². The van der Waals surface area contributed by atoms with Crippen LogP contribution in [0.2, 0.25) is 0 Å². The van der Waals surface area contributed by atoms with E-state index < -0.39 is 24.2 Å². The van der Waals surface area contributed by atoms with E-state index in [4.69, 9.17) is 14.2 Å². The molecule has 3 N–H and O–H groups in total. The molecule has 1 aliphatic heterocycles. The molecule has 0 radical (unpaired) electrons. The van der Waals surface area contributed by atoms with Crippen LogP contribution < -0.4 is 14.8 Å². The lowest BCUT2D eigenvalue weighted by Crippen LogP contribution is -2.42. The fourth-order valence-electron chi connectivity index (χ4n) is 2.34. The molecule has 2 aromatic carbocycles. The van der Waals surface area contributed by atoms with Crippen LogP contribution in [0, 0.1) is 0 Å². The summed E-state index contributed by atoms with van der Waals surface area (Å²) in [6.07, 6.45) is -0.356. The summed E-state index contributed by atoms with van der Waals surface area (Å²) in [5, 5.41) is 21.4. The Morgan fingerprint density at radius 3 is 2.69 bits per heavy atom. The van der Waals surface area contributed by atoms with E-state index in [1.807, 2.05) is 12.1 Å². The number of carbonyl (C=O) groups is 2. The van der Waals surface area contributed by atoms with E-state index in [1.54, 1.807) is 12.1 Å². The second kappa shape index (κ2) is 7.64. The predicted molar refractivity (Wildman–Crippen MR) is 89.4 cm³/mol. The number of fused-ring (bicyclic) bond motifs is 1. The first-order valence-electron chi connectivity index (χ1n) is 7.87. The number of phenols is 2. The topological polar surface area (TPSA) is 114 Å².